The van der Waals surface area contributed by atoms with E-state index >= 15 is 0 Å². The second kappa shape index (κ2) is 8.89. The Bertz CT molecular complexity index is 1080. The summed E-state index contributed by atoms with van der Waals surface area (Å²) in [6.07, 6.45) is 4.87. The molecule has 0 aliphatic carbocycles. The van der Waals surface area contributed by atoms with Crippen molar-refractivity contribution in [2.75, 3.05) is 53.7 Å². The molecule has 2 atom stereocenters. The van der Waals surface area contributed by atoms with Crippen molar-refractivity contribution in [1.29, 1.82) is 0 Å². The fourth-order valence-electron chi connectivity index (χ4n) is 5.48. The fourth-order valence-corrected chi connectivity index (χ4v) is 5.73. The molecular formula is C24H31ClN6O2. The lowest BCUT2D eigenvalue weighted by atomic mass is 10.00. The van der Waals surface area contributed by atoms with Crippen molar-refractivity contribution in [3.8, 4) is 0 Å². The van der Waals surface area contributed by atoms with E-state index in [4.69, 9.17) is 16.3 Å². The number of methoxy groups -OCH3 is 1. The number of hydrogen-bond donors (Lipinski definition) is 2. The van der Waals surface area contributed by atoms with E-state index in [0.717, 1.165) is 49.1 Å². The molecule has 0 aromatic carbocycles. The van der Waals surface area contributed by atoms with Crippen LogP contribution in [0.15, 0.2) is 12.1 Å². The summed E-state index contributed by atoms with van der Waals surface area (Å²) in [6.45, 7) is 8.48. The van der Waals surface area contributed by atoms with Gasteiger partial charge in [0.25, 0.3) is 0 Å². The first kappa shape index (κ1) is 22.1. The minimum Gasteiger partial charge on any atom is -0.464 e. The number of carbonyl (C=O) groups is 1. The lowest BCUT2D eigenvalue weighted by Crippen LogP contribution is -2.46. The van der Waals surface area contributed by atoms with Crippen LogP contribution in [0.2, 0.25) is 5.15 Å². The highest BCUT2D eigenvalue weighted by Crippen LogP contribution is 2.37. The first-order chi connectivity index (χ1) is 15.9. The van der Waals surface area contributed by atoms with Gasteiger partial charge in [-0.15, -0.1) is 0 Å². The third-order valence-electron chi connectivity index (χ3n) is 6.89. The normalized spacial score (nSPS) is 22.1. The number of halogens is 1. The van der Waals surface area contributed by atoms with Crippen LogP contribution >= 0.6 is 11.6 Å². The summed E-state index contributed by atoms with van der Waals surface area (Å²) < 4.78 is 4.73. The Kier molecular flexibility index (Phi) is 5.95. The Morgan fingerprint density at radius 1 is 0.970 bits per heavy atom. The van der Waals surface area contributed by atoms with Gasteiger partial charge in [0, 0.05) is 38.3 Å². The van der Waals surface area contributed by atoms with Crippen LogP contribution < -0.4 is 20.4 Å². The minimum absolute atomic E-state index is 0.377. The average molecular weight is 471 g/mol. The zero-order chi connectivity index (χ0) is 23.1. The number of aromatic nitrogens is 2. The van der Waals surface area contributed by atoms with Gasteiger partial charge in [-0.05, 0) is 62.8 Å². The molecule has 2 fully saturated rings. The molecule has 0 radical (unpaired) electrons. The van der Waals surface area contributed by atoms with Gasteiger partial charge in [0.05, 0.1) is 18.5 Å². The van der Waals surface area contributed by atoms with E-state index in [2.05, 4.69) is 37.3 Å². The second-order valence-corrected chi connectivity index (χ2v) is 9.72. The average Bonchev–Trinajstić information content (AvgIpc) is 2.78. The van der Waals surface area contributed by atoms with Gasteiger partial charge >= 0.3 is 5.97 Å². The van der Waals surface area contributed by atoms with E-state index in [1.54, 1.807) is 6.07 Å². The Morgan fingerprint density at radius 2 is 1.52 bits per heavy atom. The predicted octanol–water partition coefficient (Wildman–Crippen LogP) is 4.01. The molecule has 6 heterocycles. The van der Waals surface area contributed by atoms with E-state index in [0.29, 0.717) is 22.9 Å². The van der Waals surface area contributed by atoms with Gasteiger partial charge in [0.1, 0.15) is 5.15 Å². The smallest absolute Gasteiger partial charge is 0.356 e. The molecule has 0 saturated carbocycles. The van der Waals surface area contributed by atoms with Gasteiger partial charge < -0.3 is 25.2 Å². The Balaban J connectivity index is 0.000000140. The third kappa shape index (κ3) is 4.28. The van der Waals surface area contributed by atoms with Crippen LogP contribution in [0, 0.1) is 13.8 Å². The zero-order valence-corrected chi connectivity index (χ0v) is 20.2. The van der Waals surface area contributed by atoms with Crippen molar-refractivity contribution in [2.45, 2.75) is 51.6 Å². The van der Waals surface area contributed by atoms with Crippen LogP contribution in [0.1, 0.15) is 47.3 Å². The number of anilines is 4. The van der Waals surface area contributed by atoms with Gasteiger partial charge in [-0.3, -0.25) is 0 Å². The molecule has 176 valence electrons. The maximum Gasteiger partial charge on any atom is 0.356 e. The van der Waals surface area contributed by atoms with E-state index in [1.165, 1.54) is 44.0 Å². The first-order valence-corrected chi connectivity index (χ1v) is 12.1. The summed E-state index contributed by atoms with van der Waals surface area (Å²) in [6, 6.07) is 4.75. The number of aryl methyl sites for hydroxylation is 2. The Labute approximate surface area is 199 Å². The third-order valence-corrected chi connectivity index (χ3v) is 7.08. The summed E-state index contributed by atoms with van der Waals surface area (Å²) in [7, 11) is 1.38. The molecule has 0 spiro atoms. The minimum atomic E-state index is -0.381. The number of hydrogen-bond acceptors (Lipinski definition) is 8. The first-order valence-electron chi connectivity index (χ1n) is 11.7. The highest BCUT2D eigenvalue weighted by molar-refractivity contribution is 6.29. The van der Waals surface area contributed by atoms with E-state index in [9.17, 15) is 4.79 Å². The second-order valence-electron chi connectivity index (χ2n) is 9.33. The maximum absolute atomic E-state index is 11.6. The molecule has 2 aromatic rings. The molecule has 8 nitrogen and oxygen atoms in total. The Hall–Kier alpha value is -2.74. The molecule has 0 unspecified atom stereocenters. The molecule has 4 bridgehead atoms. The van der Waals surface area contributed by atoms with Gasteiger partial charge in [-0.1, -0.05) is 11.6 Å². The summed E-state index contributed by atoms with van der Waals surface area (Å²) in [4.78, 5) is 25.1. The SMILES string of the molecule is COC(=O)c1cc(C)c2c(n1)N[C@H]1CCCN2C1.Cc1cc(Cl)nc2c1N1CCC[C@@H](C1)N2. The molecule has 2 N–H and O–H groups in total. The number of nitrogens with zero attached hydrogens (tertiary/aromatic N) is 4. The quantitative estimate of drug-likeness (QED) is 0.478. The molecular weight excluding hydrogens is 440 g/mol. The summed E-state index contributed by atoms with van der Waals surface area (Å²) in [5.74, 6) is 1.41. The van der Waals surface area contributed by atoms with Crippen LogP contribution in [0.4, 0.5) is 23.0 Å². The van der Waals surface area contributed by atoms with Crippen molar-refractivity contribution in [1.82, 2.24) is 9.97 Å². The molecule has 4 aliphatic rings. The Morgan fingerprint density at radius 3 is 2.09 bits per heavy atom. The van der Waals surface area contributed by atoms with Crippen LogP contribution in [-0.4, -0.2) is 61.3 Å². The number of nitrogens with one attached hydrogen (secondary N) is 2. The molecule has 0 amide bonds. The summed E-state index contributed by atoms with van der Waals surface area (Å²) in [5.41, 5.74) is 5.06. The highest BCUT2D eigenvalue weighted by atomic mass is 35.5. The zero-order valence-electron chi connectivity index (χ0n) is 19.4. The van der Waals surface area contributed by atoms with Crippen molar-refractivity contribution in [2.24, 2.45) is 0 Å². The van der Waals surface area contributed by atoms with Gasteiger partial charge in [-0.25, -0.2) is 14.8 Å². The van der Waals surface area contributed by atoms with E-state index in [-0.39, 0.29) is 5.97 Å². The predicted molar refractivity (Wildman–Crippen MR) is 132 cm³/mol. The largest absolute Gasteiger partial charge is 0.464 e. The number of esters is 1. The summed E-state index contributed by atoms with van der Waals surface area (Å²) in [5, 5.41) is 7.48. The van der Waals surface area contributed by atoms with Crippen molar-refractivity contribution < 1.29 is 9.53 Å². The van der Waals surface area contributed by atoms with Gasteiger partial charge in [0.15, 0.2) is 17.3 Å². The topological polar surface area (TPSA) is 82.6 Å². The van der Waals surface area contributed by atoms with Crippen LogP contribution in [0.5, 0.6) is 0 Å². The fraction of sp³-hybridized carbons (Fsp3) is 0.542. The van der Waals surface area contributed by atoms with Crippen molar-refractivity contribution >= 4 is 40.6 Å². The standard InChI is InChI=1S/C13H17N3O2.C11H14ClN3/c1-8-6-10(13(17)18-2)15-12-11(8)16-5-3-4-9(7-16)14-12;1-7-5-9(12)14-11-10(7)15-4-2-3-8(6-15)13-11/h6,9H,3-5,7H2,1-2H3,(H,14,15);5,8H,2-4,6H2,1H3,(H,13,14)/t9-;8-/m00/s1. The number of piperidine rings is 2. The molecule has 6 rings (SSSR count). The van der Waals surface area contributed by atoms with Crippen LogP contribution in [0.25, 0.3) is 0 Å². The van der Waals surface area contributed by atoms with Crippen LogP contribution in [-0.2, 0) is 4.74 Å². The number of ether oxygens (including phenoxy) is 1. The molecule has 33 heavy (non-hydrogen) atoms. The summed E-state index contributed by atoms with van der Waals surface area (Å²) >= 11 is 5.97. The number of rotatable bonds is 1. The molecule has 4 aliphatic heterocycles. The molecule has 2 saturated heterocycles. The monoisotopic (exact) mass is 470 g/mol. The lowest BCUT2D eigenvalue weighted by Gasteiger charge is -2.41. The van der Waals surface area contributed by atoms with E-state index in [1.807, 2.05) is 13.0 Å². The van der Waals surface area contributed by atoms with Crippen molar-refractivity contribution in [3.05, 3.63) is 34.1 Å². The van der Waals surface area contributed by atoms with Gasteiger partial charge in [-0.2, -0.15) is 0 Å². The van der Waals surface area contributed by atoms with Crippen molar-refractivity contribution in [3.63, 3.8) is 0 Å². The number of fused-ring (bicyclic) bond motifs is 8. The molecule has 9 heteroatoms. The number of pyridine rings is 2. The maximum atomic E-state index is 11.6. The molecule has 2 aromatic heterocycles. The van der Waals surface area contributed by atoms with E-state index < -0.39 is 0 Å². The lowest BCUT2D eigenvalue weighted by molar-refractivity contribution is 0.0594. The number of carbonyl (C=O) groups excluding carboxylic acids is 1. The highest BCUT2D eigenvalue weighted by Gasteiger charge is 2.31. The van der Waals surface area contributed by atoms with Crippen LogP contribution in [0.3, 0.4) is 0 Å². The van der Waals surface area contributed by atoms with Gasteiger partial charge in [0.2, 0.25) is 0 Å².